The maximum Gasteiger partial charge on any atom is 0.162 e. The lowest BCUT2D eigenvalue weighted by molar-refractivity contribution is 0.0581. The number of aliphatic hydroxyl groups excluding tert-OH is 1. The highest BCUT2D eigenvalue weighted by Gasteiger charge is 2.30. The lowest BCUT2D eigenvalue weighted by Crippen LogP contribution is -2.39. The van der Waals surface area contributed by atoms with E-state index in [0.717, 1.165) is 6.07 Å². The van der Waals surface area contributed by atoms with E-state index in [2.05, 4.69) is 0 Å². The second-order valence-corrected chi connectivity index (χ2v) is 4.42. The van der Waals surface area contributed by atoms with E-state index >= 15 is 0 Å². The van der Waals surface area contributed by atoms with Gasteiger partial charge in [-0.2, -0.15) is 0 Å². The summed E-state index contributed by atoms with van der Waals surface area (Å²) >= 11 is 0. The zero-order valence-electron chi connectivity index (χ0n) is 9.50. The van der Waals surface area contributed by atoms with E-state index in [0.29, 0.717) is 0 Å². The minimum Gasteiger partial charge on any atom is -0.393 e. The number of aliphatic hydroxyl groups is 1. The standard InChI is InChI=1S/C12H17F2NO/c1-8(16)12(2,7-15)6-9-4-3-5-10(13)11(9)14/h3-5,8,16H,6-7,15H2,1-2H3. The summed E-state index contributed by atoms with van der Waals surface area (Å²) in [7, 11) is 0. The Kier molecular flexibility index (Phi) is 3.99. The Morgan fingerprint density at radius 3 is 2.56 bits per heavy atom. The molecule has 2 atom stereocenters. The van der Waals surface area contributed by atoms with Crippen LogP contribution in [0, 0.1) is 17.0 Å². The molecule has 0 saturated carbocycles. The lowest BCUT2D eigenvalue weighted by atomic mass is 9.79. The van der Waals surface area contributed by atoms with Crippen LogP contribution in [0.3, 0.4) is 0 Å². The fraction of sp³-hybridized carbons (Fsp3) is 0.500. The largest absolute Gasteiger partial charge is 0.393 e. The molecule has 90 valence electrons. The number of hydrogen-bond acceptors (Lipinski definition) is 2. The molecule has 1 aromatic carbocycles. The lowest BCUT2D eigenvalue weighted by Gasteiger charge is -2.31. The third-order valence-corrected chi connectivity index (χ3v) is 3.10. The molecule has 0 amide bonds. The van der Waals surface area contributed by atoms with E-state index in [4.69, 9.17) is 5.73 Å². The van der Waals surface area contributed by atoms with Gasteiger partial charge in [0.25, 0.3) is 0 Å². The van der Waals surface area contributed by atoms with Crippen molar-refractivity contribution >= 4 is 0 Å². The van der Waals surface area contributed by atoms with E-state index in [1.165, 1.54) is 12.1 Å². The molecule has 1 rings (SSSR count). The van der Waals surface area contributed by atoms with E-state index < -0.39 is 23.2 Å². The highest BCUT2D eigenvalue weighted by atomic mass is 19.2. The Morgan fingerprint density at radius 2 is 2.06 bits per heavy atom. The van der Waals surface area contributed by atoms with Gasteiger partial charge in [-0.05, 0) is 25.0 Å². The van der Waals surface area contributed by atoms with Gasteiger partial charge in [-0.25, -0.2) is 8.78 Å². The molecule has 3 N–H and O–H groups in total. The van der Waals surface area contributed by atoms with Crippen LogP contribution >= 0.6 is 0 Å². The van der Waals surface area contributed by atoms with Gasteiger partial charge >= 0.3 is 0 Å². The monoisotopic (exact) mass is 229 g/mol. The molecule has 0 spiro atoms. The van der Waals surface area contributed by atoms with Crippen LogP contribution < -0.4 is 5.73 Å². The molecule has 0 aliphatic carbocycles. The quantitative estimate of drug-likeness (QED) is 0.827. The first-order valence-electron chi connectivity index (χ1n) is 5.22. The molecule has 0 aromatic heterocycles. The van der Waals surface area contributed by atoms with Crippen LogP contribution in [-0.2, 0) is 6.42 Å². The molecule has 0 aliphatic rings. The Labute approximate surface area is 94.1 Å². The normalized spacial score (nSPS) is 16.9. The van der Waals surface area contributed by atoms with E-state index in [9.17, 15) is 13.9 Å². The summed E-state index contributed by atoms with van der Waals surface area (Å²) in [6, 6.07) is 4.03. The third-order valence-electron chi connectivity index (χ3n) is 3.10. The van der Waals surface area contributed by atoms with E-state index in [1.54, 1.807) is 13.8 Å². The summed E-state index contributed by atoms with van der Waals surface area (Å²) in [6.07, 6.45) is -0.467. The van der Waals surface area contributed by atoms with Crippen LogP contribution in [0.1, 0.15) is 19.4 Å². The summed E-state index contributed by atoms with van der Waals surface area (Å²) in [6.45, 7) is 3.56. The molecule has 0 aliphatic heterocycles. The number of benzene rings is 1. The minimum atomic E-state index is -0.873. The Bertz CT molecular complexity index is 368. The summed E-state index contributed by atoms with van der Waals surface area (Å²) in [5.41, 5.74) is 5.17. The maximum atomic E-state index is 13.4. The first-order chi connectivity index (χ1) is 7.40. The van der Waals surface area contributed by atoms with E-state index in [-0.39, 0.29) is 18.5 Å². The summed E-state index contributed by atoms with van der Waals surface area (Å²) in [5.74, 6) is -1.73. The van der Waals surface area contributed by atoms with Crippen molar-refractivity contribution in [2.45, 2.75) is 26.4 Å². The first-order valence-corrected chi connectivity index (χ1v) is 5.22. The van der Waals surface area contributed by atoms with Gasteiger partial charge in [-0.15, -0.1) is 0 Å². The Hall–Kier alpha value is -1.00. The highest BCUT2D eigenvalue weighted by Crippen LogP contribution is 2.27. The van der Waals surface area contributed by atoms with Gasteiger partial charge in [0, 0.05) is 12.0 Å². The summed E-state index contributed by atoms with van der Waals surface area (Å²) in [4.78, 5) is 0. The molecule has 2 unspecified atom stereocenters. The van der Waals surface area contributed by atoms with Crippen molar-refractivity contribution in [1.29, 1.82) is 0 Å². The minimum absolute atomic E-state index is 0.209. The molecular formula is C12H17F2NO. The van der Waals surface area contributed by atoms with Crippen molar-refractivity contribution in [3.8, 4) is 0 Å². The SMILES string of the molecule is CC(O)C(C)(CN)Cc1cccc(F)c1F. The van der Waals surface area contributed by atoms with Crippen LogP contribution in [0.5, 0.6) is 0 Å². The van der Waals surface area contributed by atoms with Gasteiger partial charge in [0.15, 0.2) is 11.6 Å². The van der Waals surface area contributed by atoms with Crippen LogP contribution in [0.2, 0.25) is 0 Å². The fourth-order valence-corrected chi connectivity index (χ4v) is 1.51. The van der Waals surface area contributed by atoms with Crippen molar-refractivity contribution in [3.05, 3.63) is 35.4 Å². The number of hydrogen-bond donors (Lipinski definition) is 2. The third kappa shape index (κ3) is 2.57. The van der Waals surface area contributed by atoms with Gasteiger partial charge < -0.3 is 10.8 Å². The topological polar surface area (TPSA) is 46.2 Å². The van der Waals surface area contributed by atoms with Crippen molar-refractivity contribution in [1.82, 2.24) is 0 Å². The van der Waals surface area contributed by atoms with Crippen LogP contribution in [-0.4, -0.2) is 17.8 Å². The summed E-state index contributed by atoms with van der Waals surface area (Å²) in [5, 5.41) is 9.60. The van der Waals surface area contributed by atoms with Crippen molar-refractivity contribution in [2.24, 2.45) is 11.1 Å². The van der Waals surface area contributed by atoms with Crippen LogP contribution in [0.15, 0.2) is 18.2 Å². The fourth-order valence-electron chi connectivity index (χ4n) is 1.51. The smallest absolute Gasteiger partial charge is 0.162 e. The second kappa shape index (κ2) is 4.89. The van der Waals surface area contributed by atoms with E-state index in [1.807, 2.05) is 0 Å². The molecular weight excluding hydrogens is 212 g/mol. The van der Waals surface area contributed by atoms with Gasteiger partial charge in [0.05, 0.1) is 6.10 Å². The molecule has 0 saturated heterocycles. The number of halogens is 2. The van der Waals surface area contributed by atoms with Crippen molar-refractivity contribution in [3.63, 3.8) is 0 Å². The molecule has 2 nitrogen and oxygen atoms in total. The molecule has 1 aromatic rings. The molecule has 4 heteroatoms. The maximum absolute atomic E-state index is 13.4. The predicted molar refractivity (Wildman–Crippen MR) is 58.9 cm³/mol. The summed E-state index contributed by atoms with van der Waals surface area (Å²) < 4.78 is 26.4. The predicted octanol–water partition coefficient (Wildman–Crippen LogP) is 1.85. The highest BCUT2D eigenvalue weighted by molar-refractivity contribution is 5.20. The first kappa shape index (κ1) is 13.1. The Morgan fingerprint density at radius 1 is 1.44 bits per heavy atom. The zero-order valence-corrected chi connectivity index (χ0v) is 9.50. The number of rotatable bonds is 4. The van der Waals surface area contributed by atoms with Crippen LogP contribution in [0.25, 0.3) is 0 Å². The van der Waals surface area contributed by atoms with Crippen molar-refractivity contribution in [2.75, 3.05) is 6.54 Å². The van der Waals surface area contributed by atoms with Gasteiger partial charge in [-0.3, -0.25) is 0 Å². The molecule has 0 heterocycles. The van der Waals surface area contributed by atoms with Crippen LogP contribution in [0.4, 0.5) is 8.78 Å². The zero-order chi connectivity index (χ0) is 12.3. The van der Waals surface area contributed by atoms with Gasteiger partial charge in [0.2, 0.25) is 0 Å². The molecule has 0 bridgehead atoms. The second-order valence-electron chi connectivity index (χ2n) is 4.42. The molecule has 0 radical (unpaired) electrons. The average molecular weight is 229 g/mol. The average Bonchev–Trinajstić information content (AvgIpc) is 2.24. The number of nitrogens with two attached hydrogens (primary N) is 1. The van der Waals surface area contributed by atoms with Gasteiger partial charge in [-0.1, -0.05) is 19.1 Å². The molecule has 0 fully saturated rings. The van der Waals surface area contributed by atoms with Crippen molar-refractivity contribution < 1.29 is 13.9 Å². The van der Waals surface area contributed by atoms with Gasteiger partial charge in [0.1, 0.15) is 0 Å². The Balaban J connectivity index is 2.99. The molecule has 16 heavy (non-hydrogen) atoms.